The van der Waals surface area contributed by atoms with Crippen LogP contribution in [0.1, 0.15) is 65.0 Å². The topological polar surface area (TPSA) is 117 Å². The summed E-state index contributed by atoms with van der Waals surface area (Å²) in [4.78, 5) is 60.6. The number of aliphatic hydroxyl groups excluding tert-OH is 1. The number of halogens is 1. The van der Waals surface area contributed by atoms with Gasteiger partial charge in [-0.1, -0.05) is 65.3 Å². The maximum Gasteiger partial charge on any atom is 0.313 e. The van der Waals surface area contributed by atoms with Gasteiger partial charge >= 0.3 is 5.97 Å². The Labute approximate surface area is 280 Å². The number of esters is 1. The van der Waals surface area contributed by atoms with Crippen LogP contribution in [-0.4, -0.2) is 104 Å². The SMILES string of the molecule is C=CCCC(=O)N(C)[C@H](C)[C@H](OC(=O)[C@H]1[C@@H]2O[C@@]3(CC2Br)[C@@H]1C(=O)N([C@@H](CC)CO)[C@@H]3C(=O)N(CC=C)C(C)C)c1ccccc1. The number of allylic oxidation sites excluding steroid dienone is 1. The summed E-state index contributed by atoms with van der Waals surface area (Å²) in [5, 5.41) is 10.4. The monoisotopic (exact) mass is 701 g/mol. The van der Waals surface area contributed by atoms with Crippen LogP contribution in [-0.2, 0) is 28.7 Å². The molecule has 3 aliphatic heterocycles. The highest BCUT2D eigenvalue weighted by Crippen LogP contribution is 2.61. The van der Waals surface area contributed by atoms with Crippen LogP contribution < -0.4 is 0 Å². The molecule has 0 radical (unpaired) electrons. The maximum absolute atomic E-state index is 14.5. The highest BCUT2D eigenvalue weighted by molar-refractivity contribution is 9.09. The number of hydrogen-bond donors (Lipinski definition) is 1. The van der Waals surface area contributed by atoms with Gasteiger partial charge in [-0.25, -0.2) is 0 Å². The number of ether oxygens (including phenoxy) is 2. The highest BCUT2D eigenvalue weighted by Gasteiger charge is 2.77. The molecule has 1 unspecified atom stereocenters. The number of likely N-dealkylation sites (N-methyl/N-ethyl adjacent to an activating group) is 1. The zero-order valence-electron chi connectivity index (χ0n) is 27.5. The van der Waals surface area contributed by atoms with Gasteiger partial charge in [-0.05, 0) is 45.6 Å². The summed E-state index contributed by atoms with van der Waals surface area (Å²) in [6.45, 7) is 14.9. The minimum Gasteiger partial charge on any atom is -0.455 e. The van der Waals surface area contributed by atoms with Crippen LogP contribution >= 0.6 is 15.9 Å². The number of carbonyl (C=O) groups excluding carboxylic acids is 4. The number of benzene rings is 1. The van der Waals surface area contributed by atoms with Crippen molar-refractivity contribution in [2.45, 2.75) is 100 Å². The fraction of sp³-hybridized carbons (Fsp3) is 0.600. The summed E-state index contributed by atoms with van der Waals surface area (Å²) in [7, 11) is 1.68. The Morgan fingerprint density at radius 2 is 1.87 bits per heavy atom. The van der Waals surface area contributed by atoms with Gasteiger partial charge in [-0.3, -0.25) is 19.2 Å². The predicted octanol–water partition coefficient (Wildman–Crippen LogP) is 4.03. The molecule has 1 aromatic carbocycles. The van der Waals surface area contributed by atoms with E-state index in [9.17, 15) is 24.3 Å². The molecular formula is C35H48BrN3O7. The Balaban J connectivity index is 1.74. The van der Waals surface area contributed by atoms with Gasteiger partial charge in [0, 0.05) is 30.9 Å². The normalized spacial score (nSPS) is 28.4. The second-order valence-electron chi connectivity index (χ2n) is 12.9. The van der Waals surface area contributed by atoms with E-state index in [4.69, 9.17) is 9.47 Å². The third-order valence-electron chi connectivity index (χ3n) is 9.92. The molecule has 3 heterocycles. The second-order valence-corrected chi connectivity index (χ2v) is 14.0. The molecule has 3 amide bonds. The first-order valence-electron chi connectivity index (χ1n) is 16.2. The molecule has 1 aromatic rings. The first kappa shape index (κ1) is 35.8. The molecule has 252 valence electrons. The van der Waals surface area contributed by atoms with E-state index in [1.807, 2.05) is 58.0 Å². The molecule has 1 N–H and O–H groups in total. The molecule has 2 bridgehead atoms. The first-order chi connectivity index (χ1) is 21.9. The van der Waals surface area contributed by atoms with Crippen molar-refractivity contribution in [1.82, 2.24) is 14.7 Å². The standard InChI is InChI=1S/C35H48BrN3O7/c1-8-11-17-26(41)37(7)22(6)29(23-15-13-12-14-16-23)45-34(44)27-28-32(42)39(24(10-3)20-40)31(33(43)38(18-9-2)21(4)5)35(28)19-25(36)30(27)46-35/h8-9,12-16,21-22,24-25,27-31,40H,1-2,10-11,17-20H2,3-7H3/t22-,24+,25?,27-,28+,29+,30-,31-,35+/m1/s1. The van der Waals surface area contributed by atoms with Crippen molar-refractivity contribution in [1.29, 1.82) is 0 Å². The van der Waals surface area contributed by atoms with Gasteiger partial charge < -0.3 is 29.3 Å². The Kier molecular flexibility index (Phi) is 11.5. The van der Waals surface area contributed by atoms with Crippen LogP contribution in [0.3, 0.4) is 0 Å². The lowest BCUT2D eigenvalue weighted by Crippen LogP contribution is -2.59. The minimum absolute atomic E-state index is 0.112. The molecule has 3 fully saturated rings. The smallest absolute Gasteiger partial charge is 0.313 e. The molecule has 0 saturated carbocycles. The van der Waals surface area contributed by atoms with Crippen LogP contribution in [0, 0.1) is 11.8 Å². The van der Waals surface area contributed by atoms with Gasteiger partial charge in [-0.15, -0.1) is 13.2 Å². The molecule has 10 nitrogen and oxygen atoms in total. The summed E-state index contributed by atoms with van der Waals surface area (Å²) < 4.78 is 12.9. The average Bonchev–Trinajstić information content (AvgIpc) is 3.64. The van der Waals surface area contributed by atoms with E-state index in [1.165, 1.54) is 4.90 Å². The van der Waals surface area contributed by atoms with Crippen LogP contribution in [0.4, 0.5) is 0 Å². The van der Waals surface area contributed by atoms with Crippen molar-refractivity contribution in [2.75, 3.05) is 20.2 Å². The van der Waals surface area contributed by atoms with E-state index in [2.05, 4.69) is 29.1 Å². The summed E-state index contributed by atoms with van der Waals surface area (Å²) in [5.74, 6) is -3.43. The number of fused-ring (bicyclic) bond motifs is 1. The maximum atomic E-state index is 14.5. The van der Waals surface area contributed by atoms with Crippen LogP contribution in [0.25, 0.3) is 0 Å². The molecule has 3 aliphatic rings. The zero-order chi connectivity index (χ0) is 33.9. The van der Waals surface area contributed by atoms with Crippen molar-refractivity contribution in [3.05, 3.63) is 61.2 Å². The molecule has 11 heteroatoms. The van der Waals surface area contributed by atoms with Crippen LogP contribution in [0.5, 0.6) is 0 Å². The quantitative estimate of drug-likeness (QED) is 0.167. The highest BCUT2D eigenvalue weighted by atomic mass is 79.9. The van der Waals surface area contributed by atoms with Crippen molar-refractivity contribution < 1.29 is 33.8 Å². The second kappa shape index (κ2) is 14.8. The largest absolute Gasteiger partial charge is 0.455 e. The molecule has 9 atom stereocenters. The fourth-order valence-corrected chi connectivity index (χ4v) is 8.34. The molecular weight excluding hydrogens is 654 g/mol. The summed E-state index contributed by atoms with van der Waals surface area (Å²) in [6, 6.07) is 6.82. The van der Waals surface area contributed by atoms with Gasteiger partial charge in [-0.2, -0.15) is 0 Å². The van der Waals surface area contributed by atoms with Crippen molar-refractivity contribution >= 4 is 39.6 Å². The first-order valence-corrected chi connectivity index (χ1v) is 17.1. The van der Waals surface area contributed by atoms with E-state index < -0.39 is 59.6 Å². The number of carbonyl (C=O) groups is 4. The van der Waals surface area contributed by atoms with Gasteiger partial charge in [0.1, 0.15) is 17.7 Å². The summed E-state index contributed by atoms with van der Waals surface area (Å²) >= 11 is 3.71. The van der Waals surface area contributed by atoms with Gasteiger partial charge in [0.2, 0.25) is 17.7 Å². The van der Waals surface area contributed by atoms with E-state index in [-0.39, 0.29) is 42.3 Å². The van der Waals surface area contributed by atoms with Gasteiger partial charge in [0.05, 0.1) is 36.6 Å². The molecule has 1 spiro atoms. The van der Waals surface area contributed by atoms with Crippen molar-refractivity contribution in [2.24, 2.45) is 11.8 Å². The number of aliphatic hydroxyl groups is 1. The van der Waals surface area contributed by atoms with Crippen LogP contribution in [0.2, 0.25) is 0 Å². The van der Waals surface area contributed by atoms with Gasteiger partial charge in [0.25, 0.3) is 0 Å². The Bertz CT molecular complexity index is 1300. The Hall–Kier alpha value is -3.02. The number of nitrogens with zero attached hydrogens (tertiary/aromatic N) is 3. The lowest BCUT2D eigenvalue weighted by atomic mass is 9.70. The fourth-order valence-electron chi connectivity index (χ4n) is 7.40. The number of rotatable bonds is 15. The summed E-state index contributed by atoms with van der Waals surface area (Å²) in [5.41, 5.74) is -0.588. The summed E-state index contributed by atoms with van der Waals surface area (Å²) in [6.07, 6.45) is 3.33. The Morgan fingerprint density at radius 1 is 1.20 bits per heavy atom. The van der Waals surface area contributed by atoms with Crippen molar-refractivity contribution in [3.8, 4) is 0 Å². The number of alkyl halides is 1. The number of hydrogen-bond acceptors (Lipinski definition) is 7. The molecule has 46 heavy (non-hydrogen) atoms. The molecule has 3 saturated heterocycles. The lowest BCUT2D eigenvalue weighted by Gasteiger charge is -2.40. The van der Waals surface area contributed by atoms with E-state index in [0.29, 0.717) is 24.8 Å². The van der Waals surface area contributed by atoms with E-state index in [1.54, 1.807) is 29.0 Å². The third kappa shape index (κ3) is 6.30. The molecule has 0 aromatic heterocycles. The van der Waals surface area contributed by atoms with Crippen molar-refractivity contribution in [3.63, 3.8) is 0 Å². The Morgan fingerprint density at radius 3 is 2.43 bits per heavy atom. The minimum atomic E-state index is -1.29. The predicted molar refractivity (Wildman–Crippen MR) is 178 cm³/mol. The third-order valence-corrected chi connectivity index (χ3v) is 10.8. The average molecular weight is 703 g/mol. The number of likely N-dealkylation sites (tertiary alicyclic amines) is 1. The van der Waals surface area contributed by atoms with Crippen LogP contribution in [0.15, 0.2) is 55.6 Å². The number of amides is 3. The van der Waals surface area contributed by atoms with E-state index in [0.717, 1.165) is 0 Å². The molecule has 4 rings (SSSR count). The molecule has 0 aliphatic carbocycles. The van der Waals surface area contributed by atoms with E-state index >= 15 is 0 Å². The lowest BCUT2D eigenvalue weighted by molar-refractivity contribution is -0.165. The zero-order valence-corrected chi connectivity index (χ0v) is 29.1. The van der Waals surface area contributed by atoms with Gasteiger partial charge in [0.15, 0.2) is 0 Å².